The van der Waals surface area contributed by atoms with Crippen molar-refractivity contribution in [2.24, 2.45) is 29.1 Å². The van der Waals surface area contributed by atoms with Crippen molar-refractivity contribution in [1.82, 2.24) is 0 Å². The van der Waals surface area contributed by atoms with E-state index in [1.807, 2.05) is 0 Å². The molecule has 0 bridgehead atoms. The topological polar surface area (TPSA) is 60.7 Å². The summed E-state index contributed by atoms with van der Waals surface area (Å²) in [6, 6.07) is 0. The minimum Gasteiger partial charge on any atom is -0.393 e. The van der Waals surface area contributed by atoms with E-state index in [2.05, 4.69) is 18.8 Å². The lowest BCUT2D eigenvalue weighted by Gasteiger charge is -2.66. The Morgan fingerprint density at radius 3 is 2.42 bits per heavy atom. The van der Waals surface area contributed by atoms with Gasteiger partial charge in [0.25, 0.3) is 0 Å². The smallest absolute Gasteiger partial charge is 0.193 e. The fourth-order valence-corrected chi connectivity index (χ4v) is 5.88. The zero-order valence-corrected chi connectivity index (χ0v) is 11.3. The van der Waals surface area contributed by atoms with E-state index in [4.69, 9.17) is 0 Å². The van der Waals surface area contributed by atoms with Gasteiger partial charge in [-0.05, 0) is 43.4 Å². The highest BCUT2D eigenvalue weighted by Crippen LogP contribution is 2.70. The second-order valence-corrected chi connectivity index (χ2v) is 7.18. The molecule has 4 aliphatic carbocycles. The van der Waals surface area contributed by atoms with E-state index in [1.165, 1.54) is 0 Å². The van der Waals surface area contributed by atoms with Gasteiger partial charge in [0.2, 0.25) is 0 Å². The van der Waals surface area contributed by atoms with E-state index >= 15 is 0 Å². The molecule has 3 saturated carbocycles. The van der Waals surface area contributed by atoms with Crippen LogP contribution in [0.2, 0.25) is 0 Å². The number of hydrogen-bond donors (Lipinski definition) is 3. The lowest BCUT2D eigenvalue weighted by molar-refractivity contribution is -0.237. The van der Waals surface area contributed by atoms with E-state index < -0.39 is 11.7 Å². The fourth-order valence-electron chi connectivity index (χ4n) is 5.88. The summed E-state index contributed by atoms with van der Waals surface area (Å²) in [5, 5.41) is 31.0. The molecule has 6 unspecified atom stereocenters. The summed E-state index contributed by atoms with van der Waals surface area (Å²) in [5.41, 5.74) is -1.02. The van der Waals surface area contributed by atoms with Crippen LogP contribution < -0.4 is 0 Å². The molecular formula is C16H22O3. The summed E-state index contributed by atoms with van der Waals surface area (Å²) in [6.07, 6.45) is 4.22. The van der Waals surface area contributed by atoms with Gasteiger partial charge in [-0.25, -0.2) is 0 Å². The van der Waals surface area contributed by atoms with Gasteiger partial charge >= 0.3 is 0 Å². The summed E-state index contributed by atoms with van der Waals surface area (Å²) in [4.78, 5) is 0. The zero-order valence-electron chi connectivity index (χ0n) is 11.3. The van der Waals surface area contributed by atoms with Crippen molar-refractivity contribution in [2.45, 2.75) is 56.8 Å². The molecule has 3 heteroatoms. The fraction of sp³-hybridized carbons (Fsp3) is 0.875. The van der Waals surface area contributed by atoms with Crippen LogP contribution in [0.4, 0.5) is 0 Å². The van der Waals surface area contributed by atoms with Crippen molar-refractivity contribution >= 4 is 0 Å². The maximum absolute atomic E-state index is 10.4. The number of rotatable bonds is 1. The van der Waals surface area contributed by atoms with E-state index in [9.17, 15) is 15.3 Å². The molecule has 0 amide bonds. The molecule has 4 aliphatic rings. The highest BCUT2D eigenvalue weighted by atomic mass is 16.3. The molecule has 19 heavy (non-hydrogen) atoms. The van der Waals surface area contributed by atoms with Gasteiger partial charge in [-0.2, -0.15) is 0 Å². The third-order valence-corrected chi connectivity index (χ3v) is 6.75. The summed E-state index contributed by atoms with van der Waals surface area (Å²) in [6.45, 7) is 2.20. The monoisotopic (exact) mass is 262 g/mol. The van der Waals surface area contributed by atoms with E-state index in [0.717, 1.165) is 32.1 Å². The van der Waals surface area contributed by atoms with Crippen LogP contribution >= 0.6 is 0 Å². The van der Waals surface area contributed by atoms with Gasteiger partial charge in [-0.3, -0.25) is 0 Å². The van der Waals surface area contributed by atoms with Crippen LogP contribution in [0.5, 0.6) is 0 Å². The number of hydrogen-bond acceptors (Lipinski definition) is 3. The molecule has 0 aromatic heterocycles. The lowest BCUT2D eigenvalue weighted by Crippen LogP contribution is -2.67. The Hall–Kier alpha value is -0.560. The first-order valence-electron chi connectivity index (χ1n) is 7.63. The van der Waals surface area contributed by atoms with Crippen molar-refractivity contribution in [2.75, 3.05) is 0 Å². The highest BCUT2D eigenvalue weighted by molar-refractivity contribution is 5.47. The van der Waals surface area contributed by atoms with Gasteiger partial charge in [0.1, 0.15) is 0 Å². The summed E-state index contributed by atoms with van der Waals surface area (Å²) < 4.78 is 0. The standard InChI is InChI=1S/C16H22O3/c1-9-13-10(16(9)6-2-3-12(16)18)4-5-11(17)14(13)15(19)7-8-15/h9-14,17-19H,2-6H2,1H3/t9?,10?,11?,12-,13?,14?,16?/m0/s1. The number of fused-ring (bicyclic) bond motifs is 2. The number of aliphatic hydroxyl groups excluding tert-OH is 2. The maximum atomic E-state index is 10.4. The van der Waals surface area contributed by atoms with Crippen molar-refractivity contribution in [1.29, 1.82) is 0 Å². The number of aliphatic hydroxyl groups is 3. The van der Waals surface area contributed by atoms with Gasteiger partial charge in [0.05, 0.1) is 12.2 Å². The van der Waals surface area contributed by atoms with Gasteiger partial charge in [-0.15, -0.1) is 0 Å². The molecule has 0 aromatic rings. The zero-order chi connectivity index (χ0) is 13.4. The molecule has 3 nitrogen and oxygen atoms in total. The second kappa shape index (κ2) is 3.55. The van der Waals surface area contributed by atoms with Crippen LogP contribution in [-0.2, 0) is 0 Å². The molecule has 7 atom stereocenters. The van der Waals surface area contributed by atoms with E-state index in [0.29, 0.717) is 17.8 Å². The Labute approximate surface area is 114 Å². The molecule has 0 saturated heterocycles. The Morgan fingerprint density at radius 2 is 1.84 bits per heavy atom. The lowest BCUT2D eigenvalue weighted by atomic mass is 9.39. The van der Waals surface area contributed by atoms with Gasteiger partial charge in [0.15, 0.2) is 5.60 Å². The normalized spacial score (nSPS) is 57.1. The van der Waals surface area contributed by atoms with Crippen molar-refractivity contribution in [3.05, 3.63) is 0 Å². The first kappa shape index (κ1) is 12.2. The quantitative estimate of drug-likeness (QED) is 0.616. The maximum Gasteiger partial charge on any atom is 0.193 e. The predicted molar refractivity (Wildman–Crippen MR) is 69.9 cm³/mol. The van der Waals surface area contributed by atoms with Crippen molar-refractivity contribution < 1.29 is 15.3 Å². The van der Waals surface area contributed by atoms with Crippen LogP contribution in [0.1, 0.15) is 39.0 Å². The molecule has 1 spiro atoms. The first-order valence-corrected chi connectivity index (χ1v) is 7.63. The van der Waals surface area contributed by atoms with Crippen LogP contribution in [0.15, 0.2) is 0 Å². The largest absolute Gasteiger partial charge is 0.393 e. The third kappa shape index (κ3) is 1.31. The van der Waals surface area contributed by atoms with Gasteiger partial charge in [-0.1, -0.05) is 25.2 Å². The molecule has 0 aliphatic heterocycles. The van der Waals surface area contributed by atoms with Crippen molar-refractivity contribution in [3.8, 4) is 11.8 Å². The summed E-state index contributed by atoms with van der Waals surface area (Å²) >= 11 is 0. The Morgan fingerprint density at radius 1 is 1.11 bits per heavy atom. The Bertz CT molecular complexity index is 468. The van der Waals surface area contributed by atoms with Crippen LogP contribution in [0.25, 0.3) is 0 Å². The molecule has 3 N–H and O–H groups in total. The molecule has 104 valence electrons. The van der Waals surface area contributed by atoms with Crippen LogP contribution in [0.3, 0.4) is 0 Å². The van der Waals surface area contributed by atoms with Crippen LogP contribution in [-0.4, -0.2) is 33.1 Å². The van der Waals surface area contributed by atoms with Gasteiger partial charge < -0.3 is 15.3 Å². The molecule has 4 rings (SSSR count). The average Bonchev–Trinajstić information content (AvgIpc) is 2.99. The molecule has 0 aromatic carbocycles. The van der Waals surface area contributed by atoms with Gasteiger partial charge in [0, 0.05) is 11.3 Å². The SMILES string of the molecule is CC1C2C(C3(O)C#C3)C(O)CCC2C12CCC[C@@H]2O. The average molecular weight is 262 g/mol. The predicted octanol–water partition coefficient (Wildman–Crippen LogP) is 0.919. The first-order chi connectivity index (χ1) is 9.01. The van der Waals surface area contributed by atoms with E-state index in [1.54, 1.807) is 0 Å². The van der Waals surface area contributed by atoms with E-state index in [-0.39, 0.29) is 17.4 Å². The molecule has 3 fully saturated rings. The minimum atomic E-state index is -1.08. The summed E-state index contributed by atoms with van der Waals surface area (Å²) in [7, 11) is 0. The summed E-state index contributed by atoms with van der Waals surface area (Å²) in [5.74, 6) is 6.57. The van der Waals surface area contributed by atoms with Crippen LogP contribution in [0, 0.1) is 40.9 Å². The molecule has 0 heterocycles. The minimum absolute atomic E-state index is 0.0638. The Kier molecular flexibility index (Phi) is 2.28. The third-order valence-electron chi connectivity index (χ3n) is 6.75. The Balaban J connectivity index is 1.65. The molecular weight excluding hydrogens is 240 g/mol. The second-order valence-electron chi connectivity index (χ2n) is 7.18. The highest BCUT2D eigenvalue weighted by Gasteiger charge is 2.70. The molecule has 0 radical (unpaired) electrons. The van der Waals surface area contributed by atoms with Crippen molar-refractivity contribution in [3.63, 3.8) is 0 Å².